The maximum Gasteiger partial charge on any atom is 0.509 e. The van der Waals surface area contributed by atoms with Crippen LogP contribution in [0.4, 0.5) is 31.1 Å². The number of imidazole rings is 1. The van der Waals surface area contributed by atoms with Crippen molar-refractivity contribution in [1.82, 2.24) is 4.57 Å². The Kier molecular flexibility index (Phi) is 7.22. The van der Waals surface area contributed by atoms with Gasteiger partial charge in [0.1, 0.15) is 12.4 Å². The van der Waals surface area contributed by atoms with Gasteiger partial charge in [-0.15, -0.1) is 4.57 Å². The van der Waals surface area contributed by atoms with Crippen molar-refractivity contribution in [2.24, 2.45) is 7.05 Å². The van der Waals surface area contributed by atoms with Gasteiger partial charge in [0.05, 0.1) is 7.05 Å². The standard InChI is InChI=1S/C7H10N2O2.C2F6NO4S2/c1-3-6-8(2)4-5-9(6)7(10)11;3-1(4,5)14(10,11)9-15(12,13)2(6,7)8/h4-5H,3H2,1-2H3;/q;-1/p+1. The lowest BCUT2D eigenvalue weighted by Crippen LogP contribution is -2.32. The predicted molar refractivity (Wildman–Crippen MR) is 71.7 cm³/mol. The molecule has 0 atom stereocenters. The molecular formula is C9H11F6N3O6S2. The summed E-state index contributed by atoms with van der Waals surface area (Å²) in [6, 6.07) is 0. The third-order valence-corrected chi connectivity index (χ3v) is 5.17. The third kappa shape index (κ3) is 5.84. The zero-order valence-electron chi connectivity index (χ0n) is 12.8. The van der Waals surface area contributed by atoms with Gasteiger partial charge >= 0.3 is 17.1 Å². The van der Waals surface area contributed by atoms with Gasteiger partial charge in [-0.25, -0.2) is 21.4 Å². The van der Waals surface area contributed by atoms with Crippen LogP contribution >= 0.6 is 0 Å². The summed E-state index contributed by atoms with van der Waals surface area (Å²) in [5, 5.41) is 8.66. The molecule has 0 aromatic carbocycles. The second-order valence-electron chi connectivity index (χ2n) is 4.25. The maximum atomic E-state index is 11.4. The van der Waals surface area contributed by atoms with E-state index >= 15 is 0 Å². The lowest BCUT2D eigenvalue weighted by atomic mass is 10.4. The number of nitrogens with zero attached hydrogens (tertiary/aromatic N) is 3. The van der Waals surface area contributed by atoms with E-state index in [4.69, 9.17) is 5.11 Å². The van der Waals surface area contributed by atoms with Crippen molar-refractivity contribution in [2.45, 2.75) is 24.4 Å². The van der Waals surface area contributed by atoms with Crippen LogP contribution in [0.15, 0.2) is 12.4 Å². The van der Waals surface area contributed by atoms with Crippen molar-refractivity contribution >= 4 is 26.1 Å². The van der Waals surface area contributed by atoms with Crippen molar-refractivity contribution < 1.29 is 57.6 Å². The zero-order chi connectivity index (χ0) is 21.1. The van der Waals surface area contributed by atoms with Gasteiger partial charge in [-0.3, -0.25) is 0 Å². The van der Waals surface area contributed by atoms with Crippen molar-refractivity contribution in [3.63, 3.8) is 0 Å². The molecule has 0 saturated carbocycles. The molecule has 0 radical (unpaired) electrons. The third-order valence-electron chi connectivity index (χ3n) is 2.43. The van der Waals surface area contributed by atoms with Crippen LogP contribution in [0, 0.1) is 0 Å². The fourth-order valence-electron chi connectivity index (χ4n) is 1.32. The maximum absolute atomic E-state index is 11.4. The molecule has 0 aliphatic rings. The van der Waals surface area contributed by atoms with Gasteiger partial charge in [-0.2, -0.15) is 31.1 Å². The first-order valence-electron chi connectivity index (χ1n) is 6.03. The van der Waals surface area contributed by atoms with Crippen molar-refractivity contribution in [2.75, 3.05) is 0 Å². The number of alkyl halides is 6. The highest BCUT2D eigenvalue weighted by molar-refractivity contribution is 8.13. The van der Waals surface area contributed by atoms with Crippen LogP contribution in [0.25, 0.3) is 4.13 Å². The van der Waals surface area contributed by atoms with E-state index in [0.717, 1.165) is 16.4 Å². The Labute approximate surface area is 142 Å². The van der Waals surface area contributed by atoms with E-state index in [0.29, 0.717) is 0 Å². The molecule has 9 nitrogen and oxygen atoms in total. The summed E-state index contributed by atoms with van der Waals surface area (Å²) in [7, 11) is -11.6. The Morgan fingerprint density at radius 1 is 1.12 bits per heavy atom. The van der Waals surface area contributed by atoms with Gasteiger partial charge in [-0.05, 0) is 0 Å². The number of aryl methyl sites for hydroxylation is 1. The molecule has 26 heavy (non-hydrogen) atoms. The molecule has 1 N–H and O–H groups in total. The molecule has 0 spiro atoms. The molecule has 1 rings (SSSR count). The second-order valence-corrected chi connectivity index (χ2v) is 7.67. The Hall–Kier alpha value is -1.88. The highest BCUT2D eigenvalue weighted by atomic mass is 32.3. The van der Waals surface area contributed by atoms with E-state index in [1.165, 1.54) is 4.57 Å². The fourth-order valence-corrected chi connectivity index (χ4v) is 3.03. The molecule has 0 aliphatic carbocycles. The first-order chi connectivity index (χ1) is 11.4. The lowest BCUT2D eigenvalue weighted by Gasteiger charge is -2.22. The van der Waals surface area contributed by atoms with E-state index in [2.05, 4.69) is 0 Å². The van der Waals surface area contributed by atoms with Crippen LogP contribution in [0.3, 0.4) is 0 Å². The molecule has 0 aliphatic heterocycles. The molecule has 0 amide bonds. The number of sulfonamides is 2. The van der Waals surface area contributed by atoms with E-state index in [1.807, 2.05) is 14.0 Å². The number of aromatic nitrogens is 2. The SMILES string of the molecule is CCc1n(C(=O)O)cc[n+]1C.O=S(=O)([N-]S(=O)(=O)C(F)(F)F)C(F)(F)F. The van der Waals surface area contributed by atoms with Crippen molar-refractivity contribution in [3.8, 4) is 0 Å². The molecule has 0 unspecified atom stereocenters. The van der Waals surface area contributed by atoms with Gasteiger partial charge in [0.25, 0.3) is 5.82 Å². The van der Waals surface area contributed by atoms with Crippen LogP contribution in [0.2, 0.25) is 0 Å². The summed E-state index contributed by atoms with van der Waals surface area (Å²) in [5.74, 6) is 0.789. The molecule has 0 saturated heterocycles. The van der Waals surface area contributed by atoms with Crippen LogP contribution in [0.5, 0.6) is 0 Å². The minimum atomic E-state index is -6.72. The quantitative estimate of drug-likeness (QED) is 0.566. The van der Waals surface area contributed by atoms with E-state index in [9.17, 15) is 48.0 Å². The summed E-state index contributed by atoms with van der Waals surface area (Å²) < 4.78 is 112. The van der Waals surface area contributed by atoms with Gasteiger partial charge in [0, 0.05) is 6.42 Å². The Bertz CT molecular complexity index is 813. The first-order valence-corrected chi connectivity index (χ1v) is 8.91. The fraction of sp³-hybridized carbons (Fsp3) is 0.556. The summed E-state index contributed by atoms with van der Waals surface area (Å²) in [5.41, 5.74) is -12.4. The smallest absolute Gasteiger partial charge is 0.446 e. The number of rotatable bonds is 3. The predicted octanol–water partition coefficient (Wildman–Crippen LogP) is 1.46. The monoisotopic (exact) mass is 435 g/mol. The molecule has 1 aromatic rings. The molecular weight excluding hydrogens is 424 g/mol. The topological polar surface area (TPSA) is 128 Å². The Balaban J connectivity index is 0.000000502. The summed E-state index contributed by atoms with van der Waals surface area (Å²) in [6.45, 7) is 1.93. The highest BCUT2D eigenvalue weighted by Crippen LogP contribution is 2.36. The minimum absolute atomic E-state index is 0.718. The van der Waals surface area contributed by atoms with Crippen LogP contribution in [-0.4, -0.2) is 43.6 Å². The normalized spacial score (nSPS) is 13.1. The summed E-state index contributed by atoms with van der Waals surface area (Å²) in [4.78, 5) is 10.5. The molecule has 0 fully saturated rings. The number of carboxylic acid groups (broad SMARTS) is 1. The highest BCUT2D eigenvalue weighted by Gasteiger charge is 2.46. The Morgan fingerprint density at radius 2 is 1.50 bits per heavy atom. The number of carbonyl (C=O) groups is 1. The van der Waals surface area contributed by atoms with Crippen molar-refractivity contribution in [3.05, 3.63) is 22.3 Å². The first kappa shape index (κ1) is 24.1. The van der Waals surface area contributed by atoms with E-state index < -0.39 is 37.2 Å². The van der Waals surface area contributed by atoms with Gasteiger partial charge in [-0.1, -0.05) is 6.92 Å². The molecule has 1 heterocycles. The second kappa shape index (κ2) is 7.78. The minimum Gasteiger partial charge on any atom is -0.446 e. The molecule has 152 valence electrons. The number of hydrogen-bond donors (Lipinski definition) is 1. The van der Waals surface area contributed by atoms with Gasteiger partial charge < -0.3 is 9.23 Å². The largest absolute Gasteiger partial charge is 0.509 e. The summed E-state index contributed by atoms with van der Waals surface area (Å²) >= 11 is 0. The Morgan fingerprint density at radius 3 is 1.73 bits per heavy atom. The summed E-state index contributed by atoms with van der Waals surface area (Å²) in [6.07, 6.45) is 3.06. The van der Waals surface area contributed by atoms with E-state index in [1.54, 1.807) is 17.0 Å². The van der Waals surface area contributed by atoms with Crippen LogP contribution < -0.4 is 4.57 Å². The average molecular weight is 435 g/mol. The number of halogens is 6. The zero-order valence-corrected chi connectivity index (χ0v) is 14.4. The van der Waals surface area contributed by atoms with E-state index in [-0.39, 0.29) is 0 Å². The van der Waals surface area contributed by atoms with Gasteiger partial charge in [0.15, 0.2) is 20.0 Å². The molecule has 17 heteroatoms. The number of hydrogen-bond acceptors (Lipinski definition) is 5. The lowest BCUT2D eigenvalue weighted by molar-refractivity contribution is -0.678. The van der Waals surface area contributed by atoms with Crippen LogP contribution in [0.1, 0.15) is 12.7 Å². The molecule has 0 bridgehead atoms. The average Bonchev–Trinajstić information content (AvgIpc) is 2.76. The van der Waals surface area contributed by atoms with Crippen LogP contribution in [-0.2, 0) is 33.5 Å². The van der Waals surface area contributed by atoms with Gasteiger partial charge in [0.2, 0.25) is 0 Å². The molecule has 1 aromatic heterocycles. The van der Waals surface area contributed by atoms with Crippen molar-refractivity contribution in [1.29, 1.82) is 0 Å².